The van der Waals surface area contributed by atoms with E-state index in [-0.39, 0.29) is 0 Å². The molecule has 0 heterocycles. The highest BCUT2D eigenvalue weighted by atomic mass is 79.9. The lowest BCUT2D eigenvalue weighted by Gasteiger charge is -2.22. The highest BCUT2D eigenvalue weighted by molar-refractivity contribution is 9.11. The first-order valence-corrected chi connectivity index (χ1v) is 8.99. The maximum absolute atomic E-state index is 3.71. The summed E-state index contributed by atoms with van der Waals surface area (Å²) in [6, 6.07) is 15.2. The van der Waals surface area contributed by atoms with E-state index in [1.807, 2.05) is 0 Å². The molecule has 0 aliphatic heterocycles. The highest BCUT2D eigenvalue weighted by Gasteiger charge is 2.32. The summed E-state index contributed by atoms with van der Waals surface area (Å²) in [5.74, 6) is 0.736. The second kappa shape index (κ2) is 6.20. The molecule has 2 aromatic carbocycles. The summed E-state index contributed by atoms with van der Waals surface area (Å²) < 4.78 is 3.20. The molecule has 1 N–H and O–H groups in total. The molecule has 0 spiro atoms. The first-order valence-electron chi connectivity index (χ1n) is 6.61. The summed E-state index contributed by atoms with van der Waals surface area (Å²) in [5.41, 5.74) is 2.48. The van der Waals surface area contributed by atoms with Gasteiger partial charge in [-0.15, -0.1) is 0 Å². The number of nitrogens with one attached hydrogen (secondary N) is 1. The summed E-state index contributed by atoms with van der Waals surface area (Å²) in [5, 5.41) is 3.71. The number of benzene rings is 2. The Morgan fingerprint density at radius 2 is 1.55 bits per heavy atom. The van der Waals surface area contributed by atoms with Crippen molar-refractivity contribution in [1.82, 2.24) is 0 Å². The molecule has 1 nitrogen and oxygen atoms in total. The second-order valence-corrected chi connectivity index (χ2v) is 7.74. The predicted molar refractivity (Wildman–Crippen MR) is 95.1 cm³/mol. The molecule has 1 aliphatic rings. The van der Waals surface area contributed by atoms with Crippen LogP contribution in [0.1, 0.15) is 24.4 Å². The van der Waals surface area contributed by atoms with E-state index in [4.69, 9.17) is 0 Å². The van der Waals surface area contributed by atoms with Crippen molar-refractivity contribution in [1.29, 1.82) is 0 Å². The minimum absolute atomic E-state index is 0.380. The third-order valence-electron chi connectivity index (χ3n) is 3.56. The standard InChI is InChI=1S/C16H14Br3N/c17-12-8-13(18)16(14(19)9-12)20-15(11-6-7-11)10-4-2-1-3-5-10/h1-5,8-9,11,15,20H,6-7H2. The van der Waals surface area contributed by atoms with Crippen LogP contribution in [0, 0.1) is 5.92 Å². The fraction of sp³-hybridized carbons (Fsp3) is 0.250. The van der Waals surface area contributed by atoms with E-state index >= 15 is 0 Å². The Morgan fingerprint density at radius 3 is 2.10 bits per heavy atom. The second-order valence-electron chi connectivity index (χ2n) is 5.11. The van der Waals surface area contributed by atoms with Crippen LogP contribution in [0.15, 0.2) is 55.9 Å². The van der Waals surface area contributed by atoms with E-state index in [2.05, 4.69) is 95.6 Å². The number of hydrogen-bond donors (Lipinski definition) is 1. The SMILES string of the molecule is Brc1cc(Br)c(NC(c2ccccc2)C2CC2)c(Br)c1. The average Bonchev–Trinajstić information content (AvgIpc) is 3.23. The van der Waals surface area contributed by atoms with E-state index < -0.39 is 0 Å². The molecule has 104 valence electrons. The van der Waals surface area contributed by atoms with Crippen LogP contribution in [0.5, 0.6) is 0 Å². The van der Waals surface area contributed by atoms with Gasteiger partial charge in [0.2, 0.25) is 0 Å². The number of hydrogen-bond acceptors (Lipinski definition) is 1. The number of anilines is 1. The maximum atomic E-state index is 3.71. The van der Waals surface area contributed by atoms with Crippen LogP contribution < -0.4 is 5.32 Å². The van der Waals surface area contributed by atoms with Crippen LogP contribution in [0.3, 0.4) is 0 Å². The zero-order valence-electron chi connectivity index (χ0n) is 10.7. The number of rotatable bonds is 4. The Bertz CT molecular complexity index is 585. The van der Waals surface area contributed by atoms with Gasteiger partial charge >= 0.3 is 0 Å². The fourth-order valence-electron chi connectivity index (χ4n) is 2.40. The summed E-state index contributed by atoms with van der Waals surface area (Å²) in [4.78, 5) is 0. The Labute approximate surface area is 144 Å². The molecule has 0 bridgehead atoms. The van der Waals surface area contributed by atoms with Crippen molar-refractivity contribution in [2.24, 2.45) is 5.92 Å². The Hall–Kier alpha value is -0.320. The monoisotopic (exact) mass is 457 g/mol. The molecule has 1 saturated carbocycles. The first-order chi connectivity index (χ1) is 9.65. The van der Waals surface area contributed by atoms with Crippen molar-refractivity contribution in [2.75, 3.05) is 5.32 Å². The zero-order valence-corrected chi connectivity index (χ0v) is 15.5. The smallest absolute Gasteiger partial charge is 0.0634 e. The molecule has 4 heteroatoms. The molecule has 1 unspecified atom stereocenters. The third kappa shape index (κ3) is 3.29. The van der Waals surface area contributed by atoms with Gasteiger partial charge in [-0.1, -0.05) is 46.3 Å². The van der Waals surface area contributed by atoms with Gasteiger partial charge in [-0.25, -0.2) is 0 Å². The minimum Gasteiger partial charge on any atom is -0.376 e. The van der Waals surface area contributed by atoms with E-state index in [0.29, 0.717) is 6.04 Å². The van der Waals surface area contributed by atoms with Gasteiger partial charge in [0.25, 0.3) is 0 Å². The van der Waals surface area contributed by atoms with Gasteiger partial charge in [0, 0.05) is 13.4 Å². The summed E-state index contributed by atoms with van der Waals surface area (Å²) in [6.07, 6.45) is 2.61. The van der Waals surface area contributed by atoms with Crippen molar-refractivity contribution >= 4 is 53.5 Å². The molecule has 0 aromatic heterocycles. The lowest BCUT2D eigenvalue weighted by Crippen LogP contribution is -2.13. The Morgan fingerprint density at radius 1 is 0.950 bits per heavy atom. The maximum Gasteiger partial charge on any atom is 0.0634 e. The summed E-state index contributed by atoms with van der Waals surface area (Å²) in [7, 11) is 0. The van der Waals surface area contributed by atoms with Crippen LogP contribution >= 0.6 is 47.8 Å². The van der Waals surface area contributed by atoms with Crippen LogP contribution in [-0.4, -0.2) is 0 Å². The first kappa shape index (κ1) is 14.6. The van der Waals surface area contributed by atoms with Gasteiger partial charge in [-0.3, -0.25) is 0 Å². The van der Waals surface area contributed by atoms with Crippen molar-refractivity contribution < 1.29 is 0 Å². The van der Waals surface area contributed by atoms with E-state index in [1.165, 1.54) is 18.4 Å². The van der Waals surface area contributed by atoms with Crippen LogP contribution in [0.25, 0.3) is 0 Å². The van der Waals surface area contributed by atoms with E-state index in [1.54, 1.807) is 0 Å². The van der Waals surface area contributed by atoms with Gasteiger partial charge in [-0.2, -0.15) is 0 Å². The van der Waals surface area contributed by atoms with Crippen molar-refractivity contribution in [3.05, 3.63) is 61.4 Å². The largest absolute Gasteiger partial charge is 0.376 e. The fourth-order valence-corrected chi connectivity index (χ4v) is 4.89. The molecule has 1 aliphatic carbocycles. The summed E-state index contributed by atoms with van der Waals surface area (Å²) in [6.45, 7) is 0. The number of halogens is 3. The van der Waals surface area contributed by atoms with Crippen molar-refractivity contribution in [3.63, 3.8) is 0 Å². The van der Waals surface area contributed by atoms with Crippen molar-refractivity contribution in [3.8, 4) is 0 Å². The molecular formula is C16H14Br3N. The van der Waals surface area contributed by atoms with Gasteiger partial charge < -0.3 is 5.32 Å². The molecular weight excluding hydrogens is 446 g/mol. The topological polar surface area (TPSA) is 12.0 Å². The quantitative estimate of drug-likeness (QED) is 0.547. The molecule has 2 aromatic rings. The Balaban J connectivity index is 1.92. The van der Waals surface area contributed by atoms with Gasteiger partial charge in [-0.05, 0) is 68.3 Å². The summed E-state index contributed by atoms with van der Waals surface area (Å²) >= 11 is 10.8. The minimum atomic E-state index is 0.380. The van der Waals surface area contributed by atoms with Crippen molar-refractivity contribution in [2.45, 2.75) is 18.9 Å². The molecule has 1 fully saturated rings. The van der Waals surface area contributed by atoms with Crippen LogP contribution in [0.2, 0.25) is 0 Å². The lowest BCUT2D eigenvalue weighted by molar-refractivity contribution is 0.678. The van der Waals surface area contributed by atoms with Crippen LogP contribution in [-0.2, 0) is 0 Å². The lowest BCUT2D eigenvalue weighted by atomic mass is 10.0. The highest BCUT2D eigenvalue weighted by Crippen LogP contribution is 2.45. The Kier molecular flexibility index (Phi) is 4.53. The van der Waals surface area contributed by atoms with E-state index in [9.17, 15) is 0 Å². The molecule has 1 atom stereocenters. The molecule has 0 amide bonds. The van der Waals surface area contributed by atoms with Crippen LogP contribution in [0.4, 0.5) is 5.69 Å². The zero-order chi connectivity index (χ0) is 14.1. The molecule has 20 heavy (non-hydrogen) atoms. The third-order valence-corrected chi connectivity index (χ3v) is 5.27. The van der Waals surface area contributed by atoms with Gasteiger partial charge in [0.1, 0.15) is 0 Å². The van der Waals surface area contributed by atoms with E-state index in [0.717, 1.165) is 25.0 Å². The molecule has 3 rings (SSSR count). The average molecular weight is 460 g/mol. The van der Waals surface area contributed by atoms with Gasteiger partial charge in [0.05, 0.1) is 11.7 Å². The van der Waals surface area contributed by atoms with Gasteiger partial charge in [0.15, 0.2) is 0 Å². The normalized spacial score (nSPS) is 15.9. The molecule has 0 radical (unpaired) electrons. The predicted octanol–water partition coefficient (Wildman–Crippen LogP) is 6.54. The molecule has 0 saturated heterocycles.